The van der Waals surface area contributed by atoms with Crippen LogP contribution in [0, 0.1) is 12.7 Å². The molecule has 2 atom stereocenters. The van der Waals surface area contributed by atoms with E-state index >= 15 is 0 Å². The molecule has 1 aromatic carbocycles. The second kappa shape index (κ2) is 5.76. The van der Waals surface area contributed by atoms with Gasteiger partial charge in [0.05, 0.1) is 6.04 Å². The number of hydrogen-bond donors (Lipinski definition) is 1. The van der Waals surface area contributed by atoms with Crippen LogP contribution in [-0.2, 0) is 4.79 Å². The highest BCUT2D eigenvalue weighted by molar-refractivity contribution is 5.78. The van der Waals surface area contributed by atoms with Gasteiger partial charge in [-0.2, -0.15) is 0 Å². The molecule has 0 aliphatic carbocycles. The molecule has 0 spiro atoms. The second-order valence-corrected chi connectivity index (χ2v) is 6.94. The van der Waals surface area contributed by atoms with Crippen molar-refractivity contribution in [2.75, 3.05) is 0 Å². The fraction of sp³-hybridized carbons (Fsp3) is 0.588. The Balaban J connectivity index is 2.54. The van der Waals surface area contributed by atoms with Gasteiger partial charge in [0.1, 0.15) is 5.82 Å². The zero-order chi connectivity index (χ0) is 15.8. The van der Waals surface area contributed by atoms with E-state index in [2.05, 4.69) is 0 Å². The second-order valence-electron chi connectivity index (χ2n) is 6.94. The van der Waals surface area contributed by atoms with E-state index in [1.54, 1.807) is 6.07 Å². The largest absolute Gasteiger partial charge is 0.329 e. The number of benzene rings is 1. The van der Waals surface area contributed by atoms with Crippen molar-refractivity contribution in [2.24, 2.45) is 5.73 Å². The molecule has 1 heterocycles. The summed E-state index contributed by atoms with van der Waals surface area (Å²) in [6.07, 6.45) is 2.14. The van der Waals surface area contributed by atoms with Gasteiger partial charge in [-0.15, -0.1) is 0 Å². The van der Waals surface area contributed by atoms with Gasteiger partial charge in [0.2, 0.25) is 5.91 Å². The van der Waals surface area contributed by atoms with Gasteiger partial charge in [0.25, 0.3) is 0 Å². The zero-order valence-electron chi connectivity index (χ0n) is 13.3. The van der Waals surface area contributed by atoms with Crippen molar-refractivity contribution in [2.45, 2.75) is 64.6 Å². The van der Waals surface area contributed by atoms with E-state index < -0.39 is 0 Å². The van der Waals surface area contributed by atoms with Gasteiger partial charge in [0.15, 0.2) is 0 Å². The Kier molecular flexibility index (Phi) is 4.38. The minimum absolute atomic E-state index is 0.125. The van der Waals surface area contributed by atoms with E-state index in [0.29, 0.717) is 6.42 Å². The molecule has 0 aromatic heterocycles. The van der Waals surface area contributed by atoms with Gasteiger partial charge in [-0.1, -0.05) is 6.07 Å². The monoisotopic (exact) mass is 292 g/mol. The Hall–Kier alpha value is -1.42. The van der Waals surface area contributed by atoms with Crippen LogP contribution in [-0.4, -0.2) is 22.4 Å². The lowest BCUT2D eigenvalue weighted by Crippen LogP contribution is -2.51. The minimum Gasteiger partial charge on any atom is -0.329 e. The zero-order valence-corrected chi connectivity index (χ0v) is 13.3. The summed E-state index contributed by atoms with van der Waals surface area (Å²) in [5.41, 5.74) is 7.86. The number of carbonyl (C=O) groups is 1. The normalized spacial score (nSPS) is 24.1. The molecule has 0 radical (unpaired) electrons. The van der Waals surface area contributed by atoms with E-state index in [0.717, 1.165) is 24.0 Å². The van der Waals surface area contributed by atoms with Crippen molar-refractivity contribution in [1.82, 2.24) is 4.90 Å². The number of aryl methyl sites for hydroxylation is 1. The first kappa shape index (κ1) is 16.0. The van der Waals surface area contributed by atoms with Crippen molar-refractivity contribution in [1.29, 1.82) is 0 Å². The predicted octanol–water partition coefficient (Wildman–Crippen LogP) is 3.31. The van der Waals surface area contributed by atoms with E-state index in [9.17, 15) is 9.18 Å². The molecule has 116 valence electrons. The summed E-state index contributed by atoms with van der Waals surface area (Å²) in [7, 11) is 0. The molecule has 2 unspecified atom stereocenters. The van der Waals surface area contributed by atoms with Crippen LogP contribution in [0.3, 0.4) is 0 Å². The Morgan fingerprint density at radius 1 is 1.33 bits per heavy atom. The number of nitrogens with zero attached hydrogens (tertiary/aromatic N) is 1. The van der Waals surface area contributed by atoms with Gasteiger partial charge < -0.3 is 10.6 Å². The van der Waals surface area contributed by atoms with Gasteiger partial charge >= 0.3 is 0 Å². The average Bonchev–Trinajstić information content (AvgIpc) is 2.48. The van der Waals surface area contributed by atoms with Crippen molar-refractivity contribution >= 4 is 5.91 Å². The number of amides is 1. The van der Waals surface area contributed by atoms with Gasteiger partial charge in [-0.3, -0.25) is 4.79 Å². The summed E-state index contributed by atoms with van der Waals surface area (Å²) in [5.74, 6) is -0.128. The molecule has 2 N–H and O–H groups in total. The molecule has 4 heteroatoms. The molecule has 0 saturated carbocycles. The molecule has 1 aromatic rings. The maximum atomic E-state index is 13.4. The number of carbonyl (C=O) groups excluding carboxylic acids is 1. The van der Waals surface area contributed by atoms with Crippen LogP contribution in [0.2, 0.25) is 0 Å². The van der Waals surface area contributed by atoms with Crippen molar-refractivity contribution < 1.29 is 9.18 Å². The summed E-state index contributed by atoms with van der Waals surface area (Å²) in [6.45, 7) is 7.94. The topological polar surface area (TPSA) is 46.3 Å². The van der Waals surface area contributed by atoms with Crippen LogP contribution >= 0.6 is 0 Å². The van der Waals surface area contributed by atoms with Crippen LogP contribution < -0.4 is 5.73 Å². The fourth-order valence-electron chi connectivity index (χ4n) is 3.25. The summed E-state index contributed by atoms with van der Waals surface area (Å²) in [6, 6.07) is 4.41. The van der Waals surface area contributed by atoms with Crippen LogP contribution in [0.25, 0.3) is 0 Å². The van der Waals surface area contributed by atoms with Crippen molar-refractivity contribution in [3.05, 3.63) is 35.1 Å². The van der Waals surface area contributed by atoms with Crippen LogP contribution in [0.1, 0.15) is 57.2 Å². The highest BCUT2D eigenvalue weighted by atomic mass is 19.1. The number of rotatable bonds is 1. The molecule has 1 aliphatic rings. The van der Waals surface area contributed by atoms with E-state index in [-0.39, 0.29) is 29.3 Å². The number of halogens is 1. The fourth-order valence-corrected chi connectivity index (χ4v) is 3.25. The Morgan fingerprint density at radius 2 is 2.00 bits per heavy atom. The lowest BCUT2D eigenvalue weighted by atomic mass is 9.90. The third kappa shape index (κ3) is 3.26. The minimum atomic E-state index is -0.315. The van der Waals surface area contributed by atoms with Gasteiger partial charge in [-0.25, -0.2) is 4.39 Å². The maximum Gasteiger partial charge on any atom is 0.223 e. The van der Waals surface area contributed by atoms with E-state index in [1.165, 1.54) is 12.1 Å². The highest BCUT2D eigenvalue weighted by Gasteiger charge is 2.39. The molecule has 1 fully saturated rings. The lowest BCUT2D eigenvalue weighted by Gasteiger charge is -2.43. The third-order valence-corrected chi connectivity index (χ3v) is 4.15. The Bertz CT molecular complexity index is 536. The number of hydrogen-bond acceptors (Lipinski definition) is 2. The standard InChI is InChI=1S/C17H25FN2O/c1-11-10-12(18)8-9-13(11)16-14(19)6-5-7-15(21)20(16)17(2,3)4/h8-10,14,16H,5-7,19H2,1-4H3. The summed E-state index contributed by atoms with van der Waals surface area (Å²) in [4.78, 5) is 14.5. The predicted molar refractivity (Wildman–Crippen MR) is 82.3 cm³/mol. The molecule has 1 aliphatic heterocycles. The SMILES string of the molecule is Cc1cc(F)ccc1C1C(N)CCCC(=O)N1C(C)(C)C. The van der Waals surface area contributed by atoms with Crippen molar-refractivity contribution in [3.8, 4) is 0 Å². The first-order valence-electron chi connectivity index (χ1n) is 7.55. The summed E-state index contributed by atoms with van der Waals surface area (Å²) < 4.78 is 13.4. The molecular formula is C17H25FN2O. The summed E-state index contributed by atoms with van der Waals surface area (Å²) in [5, 5.41) is 0. The number of likely N-dealkylation sites (tertiary alicyclic amines) is 1. The lowest BCUT2D eigenvalue weighted by molar-refractivity contribution is -0.139. The van der Waals surface area contributed by atoms with E-state index in [4.69, 9.17) is 5.73 Å². The maximum absolute atomic E-state index is 13.4. The quantitative estimate of drug-likeness (QED) is 0.863. The summed E-state index contributed by atoms with van der Waals surface area (Å²) >= 11 is 0. The molecule has 0 bridgehead atoms. The third-order valence-electron chi connectivity index (χ3n) is 4.15. The molecule has 1 amide bonds. The van der Waals surface area contributed by atoms with Crippen LogP contribution in [0.4, 0.5) is 4.39 Å². The molecule has 21 heavy (non-hydrogen) atoms. The first-order valence-corrected chi connectivity index (χ1v) is 7.55. The Morgan fingerprint density at radius 3 is 2.57 bits per heavy atom. The highest BCUT2D eigenvalue weighted by Crippen LogP contribution is 2.36. The first-order chi connectivity index (χ1) is 9.71. The van der Waals surface area contributed by atoms with E-state index in [1.807, 2.05) is 32.6 Å². The molecule has 2 rings (SSSR count). The van der Waals surface area contributed by atoms with Crippen LogP contribution in [0.5, 0.6) is 0 Å². The van der Waals surface area contributed by atoms with Crippen LogP contribution in [0.15, 0.2) is 18.2 Å². The van der Waals surface area contributed by atoms with Crippen molar-refractivity contribution in [3.63, 3.8) is 0 Å². The molecule has 1 saturated heterocycles. The van der Waals surface area contributed by atoms with Gasteiger partial charge in [-0.05, 0) is 63.8 Å². The molecular weight excluding hydrogens is 267 g/mol. The smallest absolute Gasteiger partial charge is 0.223 e. The number of nitrogens with two attached hydrogens (primary N) is 1. The average molecular weight is 292 g/mol. The van der Waals surface area contributed by atoms with Gasteiger partial charge in [0, 0.05) is 18.0 Å². The Labute approximate surface area is 126 Å². The molecule has 3 nitrogen and oxygen atoms in total.